The first kappa shape index (κ1) is 18.0. The predicted octanol–water partition coefficient (Wildman–Crippen LogP) is 3.25. The number of hydrogen-bond acceptors (Lipinski definition) is 5. The number of aryl methyl sites for hydroxylation is 1. The van der Waals surface area contributed by atoms with Crippen molar-refractivity contribution in [3.63, 3.8) is 0 Å². The van der Waals surface area contributed by atoms with Crippen LogP contribution in [0.5, 0.6) is 11.5 Å². The summed E-state index contributed by atoms with van der Waals surface area (Å²) in [6.07, 6.45) is -0.874. The smallest absolute Gasteiger partial charge is 0.351 e. The highest BCUT2D eigenvalue weighted by Crippen LogP contribution is 2.31. The van der Waals surface area contributed by atoms with E-state index in [1.54, 1.807) is 18.2 Å². The van der Waals surface area contributed by atoms with Crippen LogP contribution in [-0.2, 0) is 9.53 Å². The lowest BCUT2D eigenvalue weighted by molar-refractivity contribution is -0.153. The van der Waals surface area contributed by atoms with E-state index in [0.717, 1.165) is 11.4 Å². The lowest BCUT2D eigenvalue weighted by atomic mass is 10.1. The third-order valence-electron chi connectivity index (χ3n) is 4.42. The Bertz CT molecular complexity index is 837. The molecule has 0 bridgehead atoms. The second-order valence-electron chi connectivity index (χ2n) is 6.64. The summed E-state index contributed by atoms with van der Waals surface area (Å²) in [6, 6.07) is 9.21. The molecular weight excluding hydrogens is 334 g/mol. The molecule has 0 saturated heterocycles. The molecule has 0 unspecified atom stereocenters. The van der Waals surface area contributed by atoms with Gasteiger partial charge in [0, 0.05) is 23.0 Å². The molecule has 0 spiro atoms. The molecule has 0 amide bonds. The van der Waals surface area contributed by atoms with Crippen molar-refractivity contribution >= 4 is 11.8 Å². The number of rotatable bonds is 5. The molecule has 0 aliphatic carbocycles. The van der Waals surface area contributed by atoms with Gasteiger partial charge in [-0.1, -0.05) is 12.1 Å². The Kier molecular flexibility index (Phi) is 5.02. The van der Waals surface area contributed by atoms with Crippen molar-refractivity contribution in [2.24, 2.45) is 0 Å². The van der Waals surface area contributed by atoms with E-state index in [0.29, 0.717) is 17.1 Å². The molecule has 0 fully saturated rings. The average Bonchev–Trinajstić information content (AvgIpc) is 2.93. The number of aromatic nitrogens is 1. The highest BCUT2D eigenvalue weighted by molar-refractivity contribution is 5.99. The van der Waals surface area contributed by atoms with Crippen LogP contribution in [0.1, 0.15) is 41.6 Å². The van der Waals surface area contributed by atoms with Crippen LogP contribution in [0.2, 0.25) is 0 Å². The SMILES string of the molecule is Cc1cc(C(=O)COC(=O)[C@H]2COc3ccccc3O2)c(C)n1C(C)C. The number of fused-ring (bicyclic) bond motifs is 1. The number of carbonyl (C=O) groups excluding carboxylic acids is 2. The predicted molar refractivity (Wildman–Crippen MR) is 95.9 cm³/mol. The number of carbonyl (C=O) groups is 2. The fourth-order valence-electron chi connectivity index (χ4n) is 3.30. The summed E-state index contributed by atoms with van der Waals surface area (Å²) in [6.45, 7) is 7.73. The summed E-state index contributed by atoms with van der Waals surface area (Å²) >= 11 is 0. The fraction of sp³-hybridized carbons (Fsp3) is 0.400. The Hall–Kier alpha value is -2.76. The zero-order valence-corrected chi connectivity index (χ0v) is 15.4. The number of benzene rings is 1. The van der Waals surface area contributed by atoms with Crippen molar-refractivity contribution < 1.29 is 23.8 Å². The topological polar surface area (TPSA) is 66.8 Å². The Balaban J connectivity index is 1.62. The van der Waals surface area contributed by atoms with E-state index in [-0.39, 0.29) is 25.0 Å². The van der Waals surface area contributed by atoms with Gasteiger partial charge < -0.3 is 18.8 Å². The van der Waals surface area contributed by atoms with Crippen LogP contribution in [0.25, 0.3) is 0 Å². The van der Waals surface area contributed by atoms with Crippen molar-refractivity contribution in [1.29, 1.82) is 0 Å². The summed E-state index contributed by atoms with van der Waals surface area (Å²) in [5.41, 5.74) is 2.47. The molecule has 0 saturated carbocycles. The van der Waals surface area contributed by atoms with Gasteiger partial charge in [0.1, 0.15) is 6.61 Å². The van der Waals surface area contributed by atoms with Gasteiger partial charge in [-0.15, -0.1) is 0 Å². The molecule has 1 aromatic carbocycles. The van der Waals surface area contributed by atoms with Crippen molar-refractivity contribution in [3.05, 3.63) is 47.3 Å². The normalized spacial score (nSPS) is 15.8. The average molecular weight is 357 g/mol. The molecule has 2 heterocycles. The number of esters is 1. The number of ether oxygens (including phenoxy) is 3. The third kappa shape index (κ3) is 3.45. The minimum atomic E-state index is -0.874. The summed E-state index contributed by atoms with van der Waals surface area (Å²) < 4.78 is 18.4. The van der Waals surface area contributed by atoms with Crippen LogP contribution in [0.15, 0.2) is 30.3 Å². The lowest BCUT2D eigenvalue weighted by Crippen LogP contribution is -2.38. The van der Waals surface area contributed by atoms with E-state index in [4.69, 9.17) is 14.2 Å². The maximum atomic E-state index is 12.5. The minimum Gasteiger partial charge on any atom is -0.485 e. The Labute approximate surface area is 152 Å². The van der Waals surface area contributed by atoms with Crippen LogP contribution in [0, 0.1) is 13.8 Å². The van der Waals surface area contributed by atoms with Crippen molar-refractivity contribution in [2.75, 3.05) is 13.2 Å². The first-order chi connectivity index (χ1) is 12.4. The quantitative estimate of drug-likeness (QED) is 0.607. The summed E-state index contributed by atoms with van der Waals surface area (Å²) in [7, 11) is 0. The molecule has 1 aromatic heterocycles. The van der Waals surface area contributed by atoms with Crippen molar-refractivity contribution in [3.8, 4) is 11.5 Å². The van der Waals surface area contributed by atoms with Crippen LogP contribution >= 0.6 is 0 Å². The Morgan fingerprint density at radius 2 is 1.92 bits per heavy atom. The van der Waals surface area contributed by atoms with Gasteiger partial charge in [-0.05, 0) is 45.9 Å². The molecule has 138 valence electrons. The Morgan fingerprint density at radius 3 is 2.58 bits per heavy atom. The molecule has 1 atom stereocenters. The van der Waals surface area contributed by atoms with E-state index < -0.39 is 12.1 Å². The molecular formula is C20H23NO5. The molecule has 1 aliphatic rings. The van der Waals surface area contributed by atoms with Gasteiger partial charge in [0.25, 0.3) is 0 Å². The molecule has 3 rings (SSSR count). The van der Waals surface area contributed by atoms with Gasteiger partial charge >= 0.3 is 5.97 Å². The van der Waals surface area contributed by atoms with E-state index in [1.807, 2.05) is 26.0 Å². The number of para-hydroxylation sites is 2. The zero-order chi connectivity index (χ0) is 18.8. The zero-order valence-electron chi connectivity index (χ0n) is 15.4. The first-order valence-electron chi connectivity index (χ1n) is 8.65. The maximum Gasteiger partial charge on any atom is 0.351 e. The second-order valence-corrected chi connectivity index (χ2v) is 6.64. The number of hydrogen-bond donors (Lipinski definition) is 0. The molecule has 1 aliphatic heterocycles. The monoisotopic (exact) mass is 357 g/mol. The van der Waals surface area contributed by atoms with Gasteiger partial charge in [0.2, 0.25) is 11.9 Å². The van der Waals surface area contributed by atoms with Crippen LogP contribution in [0.4, 0.5) is 0 Å². The summed E-state index contributed by atoms with van der Waals surface area (Å²) in [5.74, 6) is 0.252. The van der Waals surface area contributed by atoms with Crippen LogP contribution in [-0.4, -0.2) is 35.6 Å². The van der Waals surface area contributed by atoms with E-state index in [1.165, 1.54) is 0 Å². The fourth-order valence-corrected chi connectivity index (χ4v) is 3.30. The van der Waals surface area contributed by atoms with E-state index in [9.17, 15) is 9.59 Å². The second kappa shape index (κ2) is 7.23. The number of Topliss-reactive ketones (excluding diaryl/α,β-unsaturated/α-hetero) is 1. The Morgan fingerprint density at radius 1 is 1.23 bits per heavy atom. The highest BCUT2D eigenvalue weighted by Gasteiger charge is 2.29. The van der Waals surface area contributed by atoms with Gasteiger partial charge in [0.05, 0.1) is 0 Å². The van der Waals surface area contributed by atoms with E-state index in [2.05, 4.69) is 18.4 Å². The number of nitrogens with zero attached hydrogens (tertiary/aromatic N) is 1. The molecule has 6 heteroatoms. The van der Waals surface area contributed by atoms with Gasteiger partial charge in [-0.2, -0.15) is 0 Å². The van der Waals surface area contributed by atoms with Crippen LogP contribution < -0.4 is 9.47 Å². The largest absolute Gasteiger partial charge is 0.485 e. The van der Waals surface area contributed by atoms with E-state index >= 15 is 0 Å². The van der Waals surface area contributed by atoms with Gasteiger partial charge in [-0.3, -0.25) is 4.79 Å². The van der Waals surface area contributed by atoms with Crippen molar-refractivity contribution in [2.45, 2.75) is 39.8 Å². The molecule has 26 heavy (non-hydrogen) atoms. The molecule has 0 N–H and O–H groups in total. The van der Waals surface area contributed by atoms with Crippen LogP contribution in [0.3, 0.4) is 0 Å². The van der Waals surface area contributed by atoms with Gasteiger partial charge in [0.15, 0.2) is 18.1 Å². The highest BCUT2D eigenvalue weighted by atomic mass is 16.6. The van der Waals surface area contributed by atoms with Crippen molar-refractivity contribution in [1.82, 2.24) is 4.57 Å². The summed E-state index contributed by atoms with van der Waals surface area (Å²) in [4.78, 5) is 24.7. The summed E-state index contributed by atoms with van der Waals surface area (Å²) in [5, 5.41) is 0. The standard InChI is InChI=1S/C20H23NO5/c1-12(2)21-13(3)9-15(14(21)4)16(22)10-25-20(23)19-11-24-17-7-5-6-8-18(17)26-19/h5-9,12,19H,10-11H2,1-4H3/t19-/m1/s1. The maximum absolute atomic E-state index is 12.5. The number of ketones is 1. The lowest BCUT2D eigenvalue weighted by Gasteiger charge is -2.24. The first-order valence-corrected chi connectivity index (χ1v) is 8.65. The molecule has 0 radical (unpaired) electrons. The third-order valence-corrected chi connectivity index (χ3v) is 4.42. The van der Waals surface area contributed by atoms with Gasteiger partial charge in [-0.25, -0.2) is 4.79 Å². The molecule has 2 aromatic rings. The molecule has 6 nitrogen and oxygen atoms in total. The minimum absolute atomic E-state index is 0.0614.